The highest BCUT2D eigenvalue weighted by atomic mass is 16.5. The van der Waals surface area contributed by atoms with Gasteiger partial charge in [-0.25, -0.2) is 0 Å². The summed E-state index contributed by atoms with van der Waals surface area (Å²) in [6.45, 7) is 2.45. The lowest BCUT2D eigenvalue weighted by Gasteiger charge is -2.30. The van der Waals surface area contributed by atoms with Crippen LogP contribution in [0, 0.1) is 0 Å². The Kier molecular flexibility index (Phi) is 4.55. The maximum Gasteiger partial charge on any atom is 0.237 e. The van der Waals surface area contributed by atoms with Crippen LogP contribution in [0.3, 0.4) is 0 Å². The molecule has 2 heterocycles. The molecule has 0 N–H and O–H groups in total. The Morgan fingerprint density at radius 1 is 1.58 bits per heavy atom. The van der Waals surface area contributed by atoms with E-state index in [0.29, 0.717) is 19.7 Å². The zero-order valence-electron chi connectivity index (χ0n) is 11.9. The van der Waals surface area contributed by atoms with Crippen molar-refractivity contribution < 1.29 is 9.53 Å². The predicted octanol–water partition coefficient (Wildman–Crippen LogP) is 0.192. The highest BCUT2D eigenvalue weighted by Crippen LogP contribution is 2.17. The van der Waals surface area contributed by atoms with Crippen molar-refractivity contribution in [3.63, 3.8) is 0 Å². The number of carbonyl (C=O) groups is 1. The number of hydrogen-bond donors (Lipinski definition) is 0. The topological polar surface area (TPSA) is 50.6 Å². The molecule has 0 saturated carbocycles. The number of amides is 1. The van der Waals surface area contributed by atoms with E-state index in [-0.39, 0.29) is 11.9 Å². The van der Waals surface area contributed by atoms with E-state index >= 15 is 0 Å². The molecule has 1 aromatic rings. The average molecular weight is 266 g/mol. The molecule has 1 aromatic heterocycles. The van der Waals surface area contributed by atoms with Gasteiger partial charge in [0.1, 0.15) is 0 Å². The first-order valence-electron chi connectivity index (χ1n) is 6.55. The lowest BCUT2D eigenvalue weighted by atomic mass is 10.2. The molecule has 1 amide bonds. The van der Waals surface area contributed by atoms with Crippen LogP contribution in [0.1, 0.15) is 12.1 Å². The summed E-state index contributed by atoms with van der Waals surface area (Å²) in [7, 11) is 5.49. The van der Waals surface area contributed by atoms with E-state index in [2.05, 4.69) is 5.10 Å². The van der Waals surface area contributed by atoms with Gasteiger partial charge in [-0.1, -0.05) is 0 Å². The quantitative estimate of drug-likeness (QED) is 0.781. The van der Waals surface area contributed by atoms with Gasteiger partial charge in [-0.3, -0.25) is 9.48 Å². The Bertz CT molecular complexity index is 430. The highest BCUT2D eigenvalue weighted by molar-refractivity contribution is 5.78. The fourth-order valence-corrected chi connectivity index (χ4v) is 2.45. The van der Waals surface area contributed by atoms with Crippen molar-refractivity contribution in [2.75, 3.05) is 34.4 Å². The number of aryl methyl sites for hydroxylation is 1. The normalized spacial score (nSPS) is 19.4. The average Bonchev–Trinajstić information content (AvgIpc) is 2.71. The molecule has 0 spiro atoms. The molecule has 1 aliphatic heterocycles. The van der Waals surface area contributed by atoms with Crippen LogP contribution in [0.4, 0.5) is 0 Å². The molecule has 0 radical (unpaired) electrons. The van der Waals surface area contributed by atoms with Crippen molar-refractivity contribution in [1.82, 2.24) is 19.6 Å². The minimum Gasteiger partial charge on any atom is -0.383 e. The summed E-state index contributed by atoms with van der Waals surface area (Å²) in [6.07, 6.45) is 2.67. The van der Waals surface area contributed by atoms with E-state index in [1.165, 1.54) is 0 Å². The Balaban J connectivity index is 2.16. The van der Waals surface area contributed by atoms with Crippen LogP contribution in [0.5, 0.6) is 0 Å². The second-order valence-corrected chi connectivity index (χ2v) is 5.20. The van der Waals surface area contributed by atoms with E-state index in [1.807, 2.05) is 34.6 Å². The van der Waals surface area contributed by atoms with Crippen molar-refractivity contribution in [3.05, 3.63) is 18.0 Å². The van der Waals surface area contributed by atoms with E-state index < -0.39 is 0 Å². The molecule has 0 aliphatic carbocycles. The Morgan fingerprint density at radius 3 is 3.05 bits per heavy atom. The molecule has 0 aromatic carbocycles. The SMILES string of the molecule is COC[C@@H]1CCn2nccc2CN1C(=O)CN(C)C. The monoisotopic (exact) mass is 266 g/mol. The summed E-state index contributed by atoms with van der Waals surface area (Å²) in [5.41, 5.74) is 1.09. The van der Waals surface area contributed by atoms with Gasteiger partial charge in [0.2, 0.25) is 5.91 Å². The third-order valence-electron chi connectivity index (χ3n) is 3.38. The van der Waals surface area contributed by atoms with Gasteiger partial charge in [-0.05, 0) is 26.6 Å². The summed E-state index contributed by atoms with van der Waals surface area (Å²) < 4.78 is 7.24. The van der Waals surface area contributed by atoms with Gasteiger partial charge in [0.15, 0.2) is 0 Å². The number of nitrogens with zero attached hydrogens (tertiary/aromatic N) is 4. The number of aromatic nitrogens is 2. The molecular weight excluding hydrogens is 244 g/mol. The summed E-state index contributed by atoms with van der Waals surface area (Å²) in [6, 6.07) is 2.10. The van der Waals surface area contributed by atoms with Crippen molar-refractivity contribution >= 4 is 5.91 Å². The predicted molar refractivity (Wildman–Crippen MR) is 71.6 cm³/mol. The number of ether oxygens (including phenoxy) is 1. The second kappa shape index (κ2) is 6.16. The second-order valence-electron chi connectivity index (χ2n) is 5.20. The first-order valence-corrected chi connectivity index (χ1v) is 6.55. The van der Waals surface area contributed by atoms with Gasteiger partial charge in [0.25, 0.3) is 0 Å². The fourth-order valence-electron chi connectivity index (χ4n) is 2.45. The van der Waals surface area contributed by atoms with Gasteiger partial charge in [-0.15, -0.1) is 0 Å². The number of likely N-dealkylation sites (N-methyl/N-ethyl adjacent to an activating group) is 1. The lowest BCUT2D eigenvalue weighted by Crippen LogP contribution is -2.45. The zero-order chi connectivity index (χ0) is 13.8. The summed E-state index contributed by atoms with van der Waals surface area (Å²) in [5, 5.41) is 4.29. The first-order chi connectivity index (χ1) is 9.11. The van der Waals surface area contributed by atoms with Gasteiger partial charge >= 0.3 is 0 Å². The minimum atomic E-state index is 0.124. The van der Waals surface area contributed by atoms with Crippen molar-refractivity contribution in [2.24, 2.45) is 0 Å². The number of methoxy groups -OCH3 is 1. The molecule has 2 rings (SSSR count). The summed E-state index contributed by atoms with van der Waals surface area (Å²) in [5.74, 6) is 0.140. The number of fused-ring (bicyclic) bond motifs is 1. The first kappa shape index (κ1) is 14.0. The van der Waals surface area contributed by atoms with Gasteiger partial charge in [-0.2, -0.15) is 5.10 Å². The van der Waals surface area contributed by atoms with Gasteiger partial charge < -0.3 is 14.5 Å². The molecule has 0 saturated heterocycles. The van der Waals surface area contributed by atoms with E-state index in [0.717, 1.165) is 18.7 Å². The summed E-state index contributed by atoms with van der Waals surface area (Å²) >= 11 is 0. The minimum absolute atomic E-state index is 0.124. The molecule has 0 fully saturated rings. The van der Waals surface area contributed by atoms with Gasteiger partial charge in [0, 0.05) is 19.9 Å². The number of rotatable bonds is 4. The maximum atomic E-state index is 12.4. The molecule has 1 aliphatic rings. The van der Waals surface area contributed by atoms with Crippen LogP contribution >= 0.6 is 0 Å². The smallest absolute Gasteiger partial charge is 0.237 e. The Hall–Kier alpha value is -1.40. The molecule has 19 heavy (non-hydrogen) atoms. The largest absolute Gasteiger partial charge is 0.383 e. The number of hydrogen-bond acceptors (Lipinski definition) is 4. The molecule has 0 unspecified atom stereocenters. The van der Waals surface area contributed by atoms with Gasteiger partial charge in [0.05, 0.1) is 31.4 Å². The van der Waals surface area contributed by atoms with Crippen LogP contribution in [-0.4, -0.2) is 65.9 Å². The van der Waals surface area contributed by atoms with Crippen LogP contribution in [0.25, 0.3) is 0 Å². The standard InChI is InChI=1S/C13H22N4O2/c1-15(2)9-13(18)16-8-11-4-6-14-17(11)7-5-12(16)10-19-3/h4,6,12H,5,7-10H2,1-3H3/t12-/m0/s1. The van der Waals surface area contributed by atoms with Crippen molar-refractivity contribution in [2.45, 2.75) is 25.6 Å². The maximum absolute atomic E-state index is 12.4. The lowest BCUT2D eigenvalue weighted by molar-refractivity contribution is -0.136. The fraction of sp³-hybridized carbons (Fsp3) is 0.692. The van der Waals surface area contributed by atoms with Crippen molar-refractivity contribution in [3.8, 4) is 0 Å². The molecular formula is C13H22N4O2. The van der Waals surface area contributed by atoms with Crippen LogP contribution < -0.4 is 0 Å². The van der Waals surface area contributed by atoms with E-state index in [4.69, 9.17) is 4.74 Å². The third-order valence-corrected chi connectivity index (χ3v) is 3.38. The molecule has 1 atom stereocenters. The highest BCUT2D eigenvalue weighted by Gasteiger charge is 2.27. The van der Waals surface area contributed by atoms with Crippen LogP contribution in [0.2, 0.25) is 0 Å². The van der Waals surface area contributed by atoms with Crippen LogP contribution in [0.15, 0.2) is 12.3 Å². The zero-order valence-corrected chi connectivity index (χ0v) is 11.9. The summed E-state index contributed by atoms with van der Waals surface area (Å²) in [4.78, 5) is 16.2. The Morgan fingerprint density at radius 2 is 2.37 bits per heavy atom. The molecule has 6 heteroatoms. The molecule has 106 valence electrons. The Labute approximate surface area is 113 Å². The van der Waals surface area contributed by atoms with E-state index in [9.17, 15) is 4.79 Å². The molecule has 6 nitrogen and oxygen atoms in total. The van der Waals surface area contributed by atoms with Crippen molar-refractivity contribution in [1.29, 1.82) is 0 Å². The third kappa shape index (κ3) is 3.33. The molecule has 0 bridgehead atoms. The van der Waals surface area contributed by atoms with Crippen LogP contribution in [-0.2, 0) is 22.6 Å². The van der Waals surface area contributed by atoms with E-state index in [1.54, 1.807) is 13.3 Å². The number of carbonyl (C=O) groups excluding carboxylic acids is 1.